The van der Waals surface area contributed by atoms with Crippen molar-refractivity contribution >= 4 is 0 Å². The van der Waals surface area contributed by atoms with Gasteiger partial charge in [-0.25, -0.2) is 0 Å². The van der Waals surface area contributed by atoms with Crippen LogP contribution in [0.25, 0.3) is 0 Å². The minimum atomic E-state index is 0.00475. The van der Waals surface area contributed by atoms with E-state index in [4.69, 9.17) is 0 Å². The van der Waals surface area contributed by atoms with Crippen LogP contribution >= 0.6 is 0 Å². The lowest BCUT2D eigenvalue weighted by molar-refractivity contribution is 0.108. The first-order valence-electron chi connectivity index (χ1n) is 30.1. The van der Waals surface area contributed by atoms with Gasteiger partial charge in [-0.05, 0) is 28.2 Å². The maximum absolute atomic E-state index is 10.3. The van der Waals surface area contributed by atoms with E-state index in [2.05, 4.69) is 75.0 Å². The van der Waals surface area contributed by atoms with Gasteiger partial charge in [-0.1, -0.05) is 0 Å². The highest BCUT2D eigenvalue weighted by Gasteiger charge is 2.19. The highest BCUT2D eigenvalue weighted by atomic mass is 16.3. The summed E-state index contributed by atoms with van der Waals surface area (Å²) in [5, 5.41) is 116. The van der Waals surface area contributed by atoms with E-state index in [1.807, 2.05) is 21.7 Å². The molecule has 0 atom stereocenters. The molecule has 0 rings (SSSR count). The third-order valence-corrected chi connectivity index (χ3v) is 15.0. The average molecular weight is 1160 g/mol. The van der Waals surface area contributed by atoms with E-state index in [0.29, 0.717) is 124 Å². The first kappa shape index (κ1) is 79.0. The zero-order valence-corrected chi connectivity index (χ0v) is 51.0. The zero-order valence-electron chi connectivity index (χ0n) is 51.0. The van der Waals surface area contributed by atoms with Crippen LogP contribution in [0.3, 0.4) is 0 Å². The second-order valence-corrected chi connectivity index (χ2v) is 21.3. The number of aliphatic hydroxyl groups is 12. The van der Waals surface area contributed by atoms with Gasteiger partial charge in [-0.2, -0.15) is 0 Å². The van der Waals surface area contributed by atoms with Crippen molar-refractivity contribution in [2.24, 2.45) is 0 Å². The van der Waals surface area contributed by atoms with E-state index >= 15 is 0 Å². The third-order valence-electron chi connectivity index (χ3n) is 15.0. The third kappa shape index (κ3) is 44.4. The van der Waals surface area contributed by atoms with Crippen molar-refractivity contribution < 1.29 is 61.3 Å². The van der Waals surface area contributed by atoms with E-state index < -0.39 is 0 Å². The zero-order chi connectivity index (χ0) is 59.4. The molecular formula is C54H124N14O12. The molecule has 0 aromatic rings. The Morgan fingerprint density at radius 2 is 0.212 bits per heavy atom. The molecule has 0 aliphatic heterocycles. The molecule has 26 nitrogen and oxygen atoms in total. The van der Waals surface area contributed by atoms with Crippen molar-refractivity contribution in [1.82, 2.24) is 68.6 Å². The quantitative estimate of drug-likeness (QED) is 0.0270. The number of nitrogens with zero attached hydrogens (tertiary/aromatic N) is 14. The maximum atomic E-state index is 10.3. The first-order chi connectivity index (χ1) is 38.8. The summed E-state index contributed by atoms with van der Waals surface area (Å²) in [4.78, 5) is 31.5. The number of hydrogen-bond acceptors (Lipinski definition) is 26. The van der Waals surface area contributed by atoms with Gasteiger partial charge in [-0.15, -0.1) is 0 Å². The molecule has 0 bridgehead atoms. The van der Waals surface area contributed by atoms with Gasteiger partial charge < -0.3 is 80.9 Å². The predicted octanol–water partition coefficient (Wildman–Crippen LogP) is -8.36. The van der Waals surface area contributed by atoms with Crippen molar-refractivity contribution in [2.45, 2.75) is 0 Å². The Morgan fingerprint density at radius 1 is 0.125 bits per heavy atom. The Labute approximate surface area is 484 Å². The van der Waals surface area contributed by atoms with Crippen molar-refractivity contribution in [3.05, 3.63) is 0 Å². The summed E-state index contributed by atoms with van der Waals surface area (Å²) in [7, 11) is 8.46. The molecule has 0 aliphatic carbocycles. The minimum absolute atomic E-state index is 0.00475. The van der Waals surface area contributed by atoms with Crippen molar-refractivity contribution in [3.8, 4) is 0 Å². The fraction of sp³-hybridized carbons (Fsp3) is 1.00. The Hall–Kier alpha value is -1.04. The molecule has 80 heavy (non-hydrogen) atoms. The lowest BCUT2D eigenvalue weighted by Crippen LogP contribution is -2.47. The minimum Gasteiger partial charge on any atom is -0.395 e. The molecule has 0 unspecified atom stereocenters. The maximum Gasteiger partial charge on any atom is 0.0558 e. The smallest absolute Gasteiger partial charge is 0.0558 e. The normalized spacial score (nSPS) is 12.8. The molecule has 0 saturated carbocycles. The number of likely N-dealkylation sites (N-methyl/N-ethyl adjacent to an activating group) is 4. The highest BCUT2D eigenvalue weighted by molar-refractivity contribution is 4.75. The van der Waals surface area contributed by atoms with E-state index in [9.17, 15) is 61.3 Å². The summed E-state index contributed by atoms with van der Waals surface area (Å²) in [5.41, 5.74) is 0. The predicted molar refractivity (Wildman–Crippen MR) is 319 cm³/mol. The van der Waals surface area contributed by atoms with Crippen molar-refractivity contribution in [2.75, 3.05) is 356 Å². The average Bonchev–Trinajstić information content (AvgIpc) is 3.43. The molecule has 0 aromatic carbocycles. The fourth-order valence-corrected chi connectivity index (χ4v) is 9.41. The van der Waals surface area contributed by atoms with Gasteiger partial charge in [0.25, 0.3) is 0 Å². The van der Waals surface area contributed by atoms with E-state index in [1.54, 1.807) is 0 Å². The van der Waals surface area contributed by atoms with E-state index in [1.165, 1.54) is 0 Å². The molecule has 0 fully saturated rings. The standard InChI is InChI=1S/C54H124N14O12/c1-55(5-6-56(2)10-16-65(35-47-73)36-48-74)7-12-59(17-22-62(32-44-70)24-19-61(20-28-66(37-49-75)38-50-76)21-29-67(39-51-77)40-52-78)13-8-57(3)9-14-60(15-11-58(4)31-43-69)18-23-63(33-45-71)25-26-64(34-46-72)27-30-68(41-53-79)42-54-80/h69-80H,5-54H2,1-4H3. The summed E-state index contributed by atoms with van der Waals surface area (Å²) < 4.78 is 0. The van der Waals surface area contributed by atoms with Crippen LogP contribution in [-0.2, 0) is 0 Å². The highest BCUT2D eigenvalue weighted by Crippen LogP contribution is 2.04. The molecule has 0 radical (unpaired) electrons. The molecule has 0 aromatic heterocycles. The van der Waals surface area contributed by atoms with Crippen molar-refractivity contribution in [3.63, 3.8) is 0 Å². The van der Waals surface area contributed by atoms with Gasteiger partial charge in [-0.3, -0.25) is 49.0 Å². The molecule has 0 aliphatic rings. The van der Waals surface area contributed by atoms with Crippen LogP contribution < -0.4 is 0 Å². The van der Waals surface area contributed by atoms with Crippen LogP contribution in [0.1, 0.15) is 0 Å². The molecule has 0 heterocycles. The summed E-state index contributed by atoms with van der Waals surface area (Å²) in [5.74, 6) is 0. The van der Waals surface area contributed by atoms with Crippen LogP contribution in [-0.4, -0.2) is 486 Å². The number of rotatable bonds is 63. The lowest BCUT2D eigenvalue weighted by Gasteiger charge is -2.33. The second kappa shape index (κ2) is 55.8. The topological polar surface area (TPSA) is 288 Å². The van der Waals surface area contributed by atoms with Gasteiger partial charge in [0.2, 0.25) is 0 Å². The summed E-state index contributed by atoms with van der Waals surface area (Å²) in [6, 6.07) is 0. The summed E-state index contributed by atoms with van der Waals surface area (Å²) in [6.45, 7) is 26.6. The van der Waals surface area contributed by atoms with Gasteiger partial charge in [0.05, 0.1) is 79.3 Å². The monoisotopic (exact) mass is 1160 g/mol. The first-order valence-corrected chi connectivity index (χ1v) is 30.1. The Balaban J connectivity index is 6.19. The summed E-state index contributed by atoms with van der Waals surface area (Å²) >= 11 is 0. The van der Waals surface area contributed by atoms with Gasteiger partial charge in [0, 0.05) is 249 Å². The number of hydrogen-bond donors (Lipinski definition) is 12. The Bertz CT molecular complexity index is 1260. The Morgan fingerprint density at radius 3 is 0.350 bits per heavy atom. The van der Waals surface area contributed by atoms with Gasteiger partial charge in [0.1, 0.15) is 0 Å². The second-order valence-electron chi connectivity index (χ2n) is 21.3. The molecule has 26 heteroatoms. The van der Waals surface area contributed by atoms with Gasteiger partial charge in [0.15, 0.2) is 0 Å². The van der Waals surface area contributed by atoms with Crippen LogP contribution in [0.4, 0.5) is 0 Å². The van der Waals surface area contributed by atoms with Crippen LogP contribution in [0, 0.1) is 0 Å². The Kier molecular flexibility index (Phi) is 55.1. The van der Waals surface area contributed by atoms with Crippen LogP contribution in [0.5, 0.6) is 0 Å². The van der Waals surface area contributed by atoms with Crippen LogP contribution in [0.2, 0.25) is 0 Å². The molecule has 0 amide bonds. The summed E-state index contributed by atoms with van der Waals surface area (Å²) in [6.07, 6.45) is 0. The molecular weight excluding hydrogens is 1040 g/mol. The number of aliphatic hydroxyl groups excluding tert-OH is 12. The van der Waals surface area contributed by atoms with E-state index in [0.717, 1.165) is 124 Å². The molecule has 0 spiro atoms. The fourth-order valence-electron chi connectivity index (χ4n) is 9.41. The largest absolute Gasteiger partial charge is 0.395 e. The SMILES string of the molecule is CN(CCN(C)CCN(CCN(C)CCN(CCN(C)CCO)CCN(CCO)CCN(CCO)CCN(CCO)CCO)CCN(CCO)CCN(CCN(CCO)CCO)CCN(CCO)CCO)CCN(CCO)CCO. The lowest BCUT2D eigenvalue weighted by atomic mass is 10.3. The van der Waals surface area contributed by atoms with Crippen LogP contribution in [0.15, 0.2) is 0 Å². The van der Waals surface area contributed by atoms with Gasteiger partial charge >= 0.3 is 0 Å². The molecule has 12 N–H and O–H groups in total. The molecule has 482 valence electrons. The molecule has 0 saturated heterocycles. The van der Waals surface area contributed by atoms with E-state index in [-0.39, 0.29) is 79.3 Å². The van der Waals surface area contributed by atoms with Crippen molar-refractivity contribution in [1.29, 1.82) is 0 Å².